The number of allylic oxidation sites excluding steroid dienone is 3. The van der Waals surface area contributed by atoms with Gasteiger partial charge < -0.3 is 23.7 Å². The topological polar surface area (TPSA) is 80.3 Å². The van der Waals surface area contributed by atoms with Gasteiger partial charge in [-0.1, -0.05) is 70.2 Å². The lowest BCUT2D eigenvalue weighted by molar-refractivity contribution is -0.148. The van der Waals surface area contributed by atoms with Crippen LogP contribution in [0.25, 0.3) is 0 Å². The summed E-state index contributed by atoms with van der Waals surface area (Å²) in [5, 5.41) is 0. The van der Waals surface area contributed by atoms with Crippen LogP contribution >= 0.6 is 0 Å². The van der Waals surface area contributed by atoms with Crippen LogP contribution in [0.2, 0.25) is 0 Å². The fourth-order valence-electron chi connectivity index (χ4n) is 4.66. The molecule has 0 spiro atoms. The van der Waals surface area contributed by atoms with E-state index in [2.05, 4.69) is 58.1 Å². The fourth-order valence-corrected chi connectivity index (χ4v) is 4.66. The van der Waals surface area contributed by atoms with Crippen molar-refractivity contribution < 1.29 is 33.3 Å². The highest BCUT2D eigenvalue weighted by atomic mass is 16.6. The van der Waals surface area contributed by atoms with E-state index in [0.717, 1.165) is 24.0 Å². The van der Waals surface area contributed by atoms with Gasteiger partial charge in [-0.2, -0.15) is 0 Å². The van der Waals surface area contributed by atoms with Gasteiger partial charge in [-0.05, 0) is 67.6 Å². The summed E-state index contributed by atoms with van der Waals surface area (Å²) < 4.78 is 27.2. The molecule has 41 heavy (non-hydrogen) atoms. The summed E-state index contributed by atoms with van der Waals surface area (Å²) in [5.41, 5.74) is 3.26. The van der Waals surface area contributed by atoms with Gasteiger partial charge in [0.15, 0.2) is 0 Å². The van der Waals surface area contributed by atoms with Crippen molar-refractivity contribution in [1.82, 2.24) is 0 Å². The molecule has 230 valence electrons. The number of carbonyl (C=O) groups excluding carboxylic acids is 2. The normalized spacial score (nSPS) is 16.5. The van der Waals surface area contributed by atoms with Crippen LogP contribution in [-0.2, 0) is 39.7 Å². The highest BCUT2D eigenvalue weighted by Gasteiger charge is 2.21. The minimum Gasteiger partial charge on any atom is -0.463 e. The molecule has 0 bridgehead atoms. The molecule has 0 radical (unpaired) electrons. The predicted molar refractivity (Wildman–Crippen MR) is 162 cm³/mol. The molecule has 1 aliphatic carbocycles. The molecular weight excluding hydrogens is 520 g/mol. The molecule has 1 aliphatic rings. The maximum absolute atomic E-state index is 12.3. The first kappa shape index (κ1) is 34.7. The predicted octanol–water partition coefficient (Wildman–Crippen LogP) is 6.31. The van der Waals surface area contributed by atoms with Gasteiger partial charge in [-0.25, -0.2) is 0 Å². The zero-order chi connectivity index (χ0) is 30.0. The third-order valence-electron chi connectivity index (χ3n) is 7.01. The van der Waals surface area contributed by atoms with Crippen LogP contribution in [0.15, 0.2) is 48.1 Å². The summed E-state index contributed by atoms with van der Waals surface area (Å²) >= 11 is 0. The summed E-state index contributed by atoms with van der Waals surface area (Å²) in [6.45, 7) is 15.3. The lowest BCUT2D eigenvalue weighted by Crippen LogP contribution is -2.20. The van der Waals surface area contributed by atoms with E-state index in [9.17, 15) is 9.59 Å². The summed E-state index contributed by atoms with van der Waals surface area (Å²) in [7, 11) is 0. The third-order valence-corrected chi connectivity index (χ3v) is 7.01. The summed E-state index contributed by atoms with van der Waals surface area (Å²) in [6.07, 6.45) is 9.63. The Labute approximate surface area is 247 Å². The van der Waals surface area contributed by atoms with Gasteiger partial charge in [-0.3, -0.25) is 9.59 Å². The van der Waals surface area contributed by atoms with Gasteiger partial charge in [0.05, 0.1) is 51.5 Å². The molecule has 0 saturated heterocycles. The average Bonchev–Trinajstić information content (AvgIpc) is 2.94. The lowest BCUT2D eigenvalue weighted by Gasteiger charge is -2.20. The van der Waals surface area contributed by atoms with Gasteiger partial charge in [0.1, 0.15) is 13.2 Å². The van der Waals surface area contributed by atoms with Crippen molar-refractivity contribution in [3.63, 3.8) is 0 Å². The Morgan fingerprint density at radius 1 is 0.707 bits per heavy atom. The third kappa shape index (κ3) is 14.3. The quantitative estimate of drug-likeness (QED) is 0.134. The molecule has 1 aromatic carbocycles. The van der Waals surface area contributed by atoms with Crippen LogP contribution in [0.5, 0.6) is 0 Å². The van der Waals surface area contributed by atoms with E-state index < -0.39 is 0 Å². The molecule has 3 unspecified atom stereocenters. The second-order valence-corrected chi connectivity index (χ2v) is 11.6. The standard InChI is InChI=1S/C34H52O7/c1-25(2)23-29-7-11-31(12-8-29)27(5)33(35)40-21-19-38-17-15-37-16-18-39-20-22-41-34(36)28(6)32-13-9-30(10-14-32)24-26(3)4/h7-9,11-14,25-28,30H,10,15-24H2,1-6H3. The van der Waals surface area contributed by atoms with Crippen LogP contribution in [0.3, 0.4) is 0 Å². The molecule has 0 heterocycles. The van der Waals surface area contributed by atoms with Crippen LogP contribution in [0, 0.1) is 23.7 Å². The van der Waals surface area contributed by atoms with Crippen LogP contribution in [0.4, 0.5) is 0 Å². The van der Waals surface area contributed by atoms with E-state index in [4.69, 9.17) is 23.7 Å². The molecule has 0 aromatic heterocycles. The molecule has 0 N–H and O–H groups in total. The second kappa shape index (κ2) is 19.6. The number of hydrogen-bond donors (Lipinski definition) is 0. The highest BCUT2D eigenvalue weighted by molar-refractivity contribution is 5.77. The van der Waals surface area contributed by atoms with E-state index in [1.807, 2.05) is 26.0 Å². The van der Waals surface area contributed by atoms with Crippen molar-refractivity contribution in [2.45, 2.75) is 66.7 Å². The van der Waals surface area contributed by atoms with Gasteiger partial charge >= 0.3 is 11.9 Å². The smallest absolute Gasteiger partial charge is 0.313 e. The first-order valence-corrected chi connectivity index (χ1v) is 15.2. The van der Waals surface area contributed by atoms with Gasteiger partial charge in [0.2, 0.25) is 0 Å². The second-order valence-electron chi connectivity index (χ2n) is 11.6. The van der Waals surface area contributed by atoms with Crippen molar-refractivity contribution in [3.05, 3.63) is 59.2 Å². The van der Waals surface area contributed by atoms with Crippen molar-refractivity contribution in [2.24, 2.45) is 23.7 Å². The molecular formula is C34H52O7. The number of hydrogen-bond acceptors (Lipinski definition) is 7. The van der Waals surface area contributed by atoms with Crippen molar-refractivity contribution in [2.75, 3.05) is 52.9 Å². The van der Waals surface area contributed by atoms with E-state index >= 15 is 0 Å². The molecule has 0 amide bonds. The summed E-state index contributed by atoms with van der Waals surface area (Å²) in [5.74, 6) is 0.770. The molecule has 7 nitrogen and oxygen atoms in total. The van der Waals surface area contributed by atoms with Gasteiger partial charge in [0.25, 0.3) is 0 Å². The Morgan fingerprint density at radius 2 is 1.22 bits per heavy atom. The number of carbonyl (C=O) groups is 2. The van der Waals surface area contributed by atoms with Crippen molar-refractivity contribution in [3.8, 4) is 0 Å². The number of ether oxygens (including phenoxy) is 5. The maximum Gasteiger partial charge on any atom is 0.313 e. The van der Waals surface area contributed by atoms with Crippen molar-refractivity contribution in [1.29, 1.82) is 0 Å². The van der Waals surface area contributed by atoms with E-state index in [1.165, 1.54) is 12.0 Å². The monoisotopic (exact) mass is 572 g/mol. The van der Waals surface area contributed by atoms with Gasteiger partial charge in [-0.15, -0.1) is 0 Å². The average molecular weight is 573 g/mol. The Bertz CT molecular complexity index is 948. The largest absolute Gasteiger partial charge is 0.463 e. The van der Waals surface area contributed by atoms with Gasteiger partial charge in [0, 0.05) is 0 Å². The number of rotatable bonds is 20. The first-order chi connectivity index (χ1) is 19.7. The Morgan fingerprint density at radius 3 is 1.68 bits per heavy atom. The lowest BCUT2D eigenvalue weighted by atomic mass is 9.86. The Kier molecular flexibility index (Phi) is 16.6. The highest BCUT2D eigenvalue weighted by Crippen LogP contribution is 2.26. The number of esters is 2. The van der Waals surface area contributed by atoms with Crippen LogP contribution in [-0.4, -0.2) is 64.8 Å². The van der Waals surface area contributed by atoms with Crippen LogP contribution < -0.4 is 0 Å². The zero-order valence-corrected chi connectivity index (χ0v) is 26.1. The Hall–Kier alpha value is -2.48. The molecule has 1 aromatic rings. The molecule has 3 atom stereocenters. The molecule has 0 aliphatic heterocycles. The zero-order valence-electron chi connectivity index (χ0n) is 26.1. The van der Waals surface area contributed by atoms with Crippen LogP contribution in [0.1, 0.15) is 71.4 Å². The maximum atomic E-state index is 12.3. The van der Waals surface area contributed by atoms with E-state index in [-0.39, 0.29) is 37.0 Å². The van der Waals surface area contributed by atoms with Crippen molar-refractivity contribution >= 4 is 11.9 Å². The molecule has 0 saturated carbocycles. The fraction of sp³-hybridized carbons (Fsp3) is 0.647. The molecule has 2 rings (SSSR count). The van der Waals surface area contributed by atoms with E-state index in [0.29, 0.717) is 57.4 Å². The first-order valence-electron chi connectivity index (χ1n) is 15.2. The Balaban J connectivity index is 1.42. The molecule has 7 heteroatoms. The minimum absolute atomic E-state index is 0.210. The summed E-state index contributed by atoms with van der Waals surface area (Å²) in [4.78, 5) is 24.7. The molecule has 0 fully saturated rings. The van der Waals surface area contributed by atoms with E-state index in [1.54, 1.807) is 0 Å². The summed E-state index contributed by atoms with van der Waals surface area (Å²) in [6, 6.07) is 8.17. The SMILES string of the molecule is CC(C)Cc1ccc(C(C)C(=O)OCCOCCOCCOCCOC(=O)C(C)C2=CCC(CC(C)C)C=C2)cc1. The number of benzene rings is 1. The minimum atomic E-state index is -0.313.